The van der Waals surface area contributed by atoms with Crippen molar-refractivity contribution in [2.24, 2.45) is 29.4 Å². The molecular formula is C23H35N3O. The predicted molar refractivity (Wildman–Crippen MR) is 111 cm³/mol. The molecule has 1 heterocycles. The molecule has 4 aliphatic rings. The highest BCUT2D eigenvalue weighted by atomic mass is 16.5. The Morgan fingerprint density at radius 1 is 1.00 bits per heavy atom. The van der Waals surface area contributed by atoms with Crippen molar-refractivity contribution in [2.45, 2.75) is 70.2 Å². The van der Waals surface area contributed by atoms with Crippen LogP contribution in [0.3, 0.4) is 0 Å². The average Bonchev–Trinajstić information content (AvgIpc) is 2.81. The molecule has 0 amide bonds. The number of nitrogens with one attached hydrogen (secondary N) is 1. The van der Waals surface area contributed by atoms with Crippen LogP contribution in [-0.2, 0) is 4.74 Å². The summed E-state index contributed by atoms with van der Waals surface area (Å²) in [6.45, 7) is 8.68. The van der Waals surface area contributed by atoms with Crippen molar-refractivity contribution in [3.8, 4) is 0 Å². The summed E-state index contributed by atoms with van der Waals surface area (Å²) in [5.74, 6) is 3.24. The number of rotatable bonds is 3. The standard InChI is InChI=1S/C23H35N3O/c1-14-9-23(24)10-17-8-20(21(17)11-23)22(14)25-18-4-6-19(7-5-18)26-12-15(2)27-16(3)13-26/h4-7,14-17,20-22,25H,8-13,24H2,1-3H3. The third-order valence-corrected chi connectivity index (χ3v) is 7.83. The number of nitrogens with zero attached hydrogens (tertiary/aromatic N) is 1. The molecule has 4 fully saturated rings. The molecule has 5 rings (SSSR count). The Balaban J connectivity index is 1.29. The van der Waals surface area contributed by atoms with Crippen molar-refractivity contribution >= 4 is 11.4 Å². The van der Waals surface area contributed by atoms with Crippen molar-refractivity contribution in [1.29, 1.82) is 0 Å². The van der Waals surface area contributed by atoms with Crippen molar-refractivity contribution in [2.75, 3.05) is 23.3 Å². The summed E-state index contributed by atoms with van der Waals surface area (Å²) in [6, 6.07) is 9.66. The molecule has 3 N–H and O–H groups in total. The zero-order valence-electron chi connectivity index (χ0n) is 17.0. The van der Waals surface area contributed by atoms with Crippen molar-refractivity contribution in [3.63, 3.8) is 0 Å². The Morgan fingerprint density at radius 3 is 2.41 bits per heavy atom. The third-order valence-electron chi connectivity index (χ3n) is 7.83. The minimum atomic E-state index is 0.119. The molecule has 3 saturated carbocycles. The van der Waals surface area contributed by atoms with E-state index in [2.05, 4.69) is 55.3 Å². The van der Waals surface area contributed by atoms with Crippen LogP contribution in [-0.4, -0.2) is 36.9 Å². The lowest BCUT2D eigenvalue weighted by Crippen LogP contribution is -2.49. The zero-order chi connectivity index (χ0) is 18.8. The molecule has 8 atom stereocenters. The lowest BCUT2D eigenvalue weighted by atomic mass is 9.61. The number of fused-ring (bicyclic) bond motifs is 1. The van der Waals surface area contributed by atoms with Crippen LogP contribution in [0.2, 0.25) is 0 Å². The fourth-order valence-electron chi connectivity index (χ4n) is 6.85. The fourth-order valence-corrected chi connectivity index (χ4v) is 6.85. The smallest absolute Gasteiger partial charge is 0.0726 e. The summed E-state index contributed by atoms with van der Waals surface area (Å²) in [5, 5.41) is 3.91. The van der Waals surface area contributed by atoms with Crippen LogP contribution in [0.1, 0.15) is 46.5 Å². The van der Waals surface area contributed by atoms with Gasteiger partial charge in [0.15, 0.2) is 0 Å². The number of hydrogen-bond acceptors (Lipinski definition) is 4. The third kappa shape index (κ3) is 3.15. The number of hydrogen-bond donors (Lipinski definition) is 2. The Morgan fingerprint density at radius 2 is 1.70 bits per heavy atom. The lowest BCUT2D eigenvalue weighted by Gasteiger charge is -2.48. The number of nitrogens with two attached hydrogens (primary N) is 1. The van der Waals surface area contributed by atoms with Crippen molar-refractivity contribution in [1.82, 2.24) is 0 Å². The van der Waals surface area contributed by atoms with E-state index >= 15 is 0 Å². The summed E-state index contributed by atoms with van der Waals surface area (Å²) in [5.41, 5.74) is 9.43. The van der Waals surface area contributed by atoms with Crippen LogP contribution in [0.15, 0.2) is 24.3 Å². The summed E-state index contributed by atoms with van der Waals surface area (Å²) < 4.78 is 5.87. The molecule has 1 aromatic carbocycles. The minimum Gasteiger partial charge on any atom is -0.382 e. The topological polar surface area (TPSA) is 50.5 Å². The van der Waals surface area contributed by atoms with Gasteiger partial charge in [-0.25, -0.2) is 0 Å². The van der Waals surface area contributed by atoms with E-state index in [9.17, 15) is 0 Å². The van der Waals surface area contributed by atoms with Gasteiger partial charge >= 0.3 is 0 Å². The molecule has 2 bridgehead atoms. The lowest BCUT2D eigenvalue weighted by molar-refractivity contribution is -0.00521. The van der Waals surface area contributed by atoms with Crippen LogP contribution in [0.4, 0.5) is 11.4 Å². The fraction of sp³-hybridized carbons (Fsp3) is 0.739. The highest BCUT2D eigenvalue weighted by Crippen LogP contribution is 2.60. The molecule has 148 valence electrons. The van der Waals surface area contributed by atoms with E-state index in [1.54, 1.807) is 0 Å². The van der Waals surface area contributed by atoms with E-state index in [0.29, 0.717) is 24.2 Å². The number of morpholine rings is 1. The molecule has 0 radical (unpaired) electrons. The van der Waals surface area contributed by atoms with Crippen LogP contribution in [0, 0.1) is 23.7 Å². The minimum absolute atomic E-state index is 0.119. The summed E-state index contributed by atoms with van der Waals surface area (Å²) in [7, 11) is 0. The normalized spacial score (nSPS) is 45.9. The van der Waals surface area contributed by atoms with Gasteiger partial charge in [-0.1, -0.05) is 6.92 Å². The second-order valence-corrected chi connectivity index (χ2v) is 10.2. The van der Waals surface area contributed by atoms with Crippen LogP contribution in [0.5, 0.6) is 0 Å². The second-order valence-electron chi connectivity index (χ2n) is 10.2. The first-order chi connectivity index (χ1) is 12.9. The van der Waals surface area contributed by atoms with E-state index in [0.717, 1.165) is 30.8 Å². The average molecular weight is 370 g/mol. The van der Waals surface area contributed by atoms with Gasteiger partial charge in [-0.2, -0.15) is 0 Å². The SMILES string of the molecule is CC1CN(c2ccc(NC3C(C)CC4(N)CC5CC3C5C4)cc2)CC(C)O1. The first-order valence-corrected chi connectivity index (χ1v) is 11.0. The first-order valence-electron chi connectivity index (χ1n) is 11.0. The van der Waals surface area contributed by atoms with Gasteiger partial charge in [-0.3, -0.25) is 0 Å². The van der Waals surface area contributed by atoms with Crippen LogP contribution in [0.25, 0.3) is 0 Å². The van der Waals surface area contributed by atoms with Gasteiger partial charge < -0.3 is 20.7 Å². The molecule has 4 nitrogen and oxygen atoms in total. The van der Waals surface area contributed by atoms with Gasteiger partial charge in [0, 0.05) is 36.0 Å². The maximum absolute atomic E-state index is 6.74. The zero-order valence-corrected chi connectivity index (χ0v) is 17.0. The quantitative estimate of drug-likeness (QED) is 0.849. The highest BCUT2D eigenvalue weighted by Gasteiger charge is 2.58. The number of ether oxygens (including phenoxy) is 1. The highest BCUT2D eigenvalue weighted by molar-refractivity contribution is 5.56. The second kappa shape index (κ2) is 6.38. The Bertz CT molecular complexity index is 681. The molecule has 1 aromatic rings. The molecule has 1 saturated heterocycles. The number of anilines is 2. The van der Waals surface area contributed by atoms with Crippen LogP contribution >= 0.6 is 0 Å². The molecular weight excluding hydrogens is 334 g/mol. The van der Waals surface area contributed by atoms with Gasteiger partial charge in [0.05, 0.1) is 12.2 Å². The maximum Gasteiger partial charge on any atom is 0.0726 e. The Kier molecular flexibility index (Phi) is 4.21. The van der Waals surface area contributed by atoms with E-state index in [1.807, 2.05) is 0 Å². The Hall–Kier alpha value is -1.26. The van der Waals surface area contributed by atoms with Crippen molar-refractivity contribution in [3.05, 3.63) is 24.3 Å². The summed E-state index contributed by atoms with van der Waals surface area (Å²) in [4.78, 5) is 2.45. The van der Waals surface area contributed by atoms with E-state index in [-0.39, 0.29) is 5.54 Å². The van der Waals surface area contributed by atoms with Gasteiger partial charge in [0.2, 0.25) is 0 Å². The summed E-state index contributed by atoms with van der Waals surface area (Å²) in [6.07, 6.45) is 5.68. The number of benzene rings is 1. The largest absolute Gasteiger partial charge is 0.382 e. The van der Waals surface area contributed by atoms with E-state index in [1.165, 1.54) is 37.1 Å². The molecule has 0 aromatic heterocycles. The van der Waals surface area contributed by atoms with Crippen LogP contribution < -0.4 is 16.0 Å². The van der Waals surface area contributed by atoms with Gasteiger partial charge in [-0.05, 0) is 87.5 Å². The Labute approximate surface area is 163 Å². The van der Waals surface area contributed by atoms with Gasteiger partial charge in [0.1, 0.15) is 0 Å². The molecule has 3 aliphatic carbocycles. The molecule has 0 spiro atoms. The van der Waals surface area contributed by atoms with Gasteiger partial charge in [0.25, 0.3) is 0 Å². The van der Waals surface area contributed by atoms with Crippen molar-refractivity contribution < 1.29 is 4.74 Å². The molecule has 4 heteroatoms. The van der Waals surface area contributed by atoms with E-state index in [4.69, 9.17) is 10.5 Å². The molecule has 27 heavy (non-hydrogen) atoms. The van der Waals surface area contributed by atoms with E-state index < -0.39 is 0 Å². The molecule has 8 unspecified atom stereocenters. The first kappa shape index (κ1) is 17.8. The monoisotopic (exact) mass is 369 g/mol. The van der Waals surface area contributed by atoms with Gasteiger partial charge in [-0.15, -0.1) is 0 Å². The predicted octanol–water partition coefficient (Wildman–Crippen LogP) is 3.86. The molecule has 1 aliphatic heterocycles. The summed E-state index contributed by atoms with van der Waals surface area (Å²) >= 11 is 0. The maximum atomic E-state index is 6.74.